The summed E-state index contributed by atoms with van der Waals surface area (Å²) in [5.41, 5.74) is 0. The van der Waals surface area contributed by atoms with E-state index in [-0.39, 0.29) is 17.3 Å². The van der Waals surface area contributed by atoms with Gasteiger partial charge < -0.3 is 10.4 Å². The van der Waals surface area contributed by atoms with E-state index < -0.39 is 17.5 Å². The van der Waals surface area contributed by atoms with Gasteiger partial charge in [0.15, 0.2) is 5.01 Å². The number of hydrogen-bond donors (Lipinski definition) is 3. The summed E-state index contributed by atoms with van der Waals surface area (Å²) in [6, 6.07) is -0.496. The molecule has 0 unspecified atom stereocenters. The van der Waals surface area contributed by atoms with E-state index in [2.05, 4.69) is 20.8 Å². The number of aliphatic hydroxyl groups is 1. The maximum Gasteiger partial charge on any atom is 0.321 e. The van der Waals surface area contributed by atoms with Crippen molar-refractivity contribution in [3.63, 3.8) is 0 Å². The Morgan fingerprint density at radius 2 is 2.00 bits per heavy atom. The number of rotatable bonds is 3. The molecule has 1 fully saturated rings. The monoisotopic (exact) mass is 292 g/mol. The van der Waals surface area contributed by atoms with Crippen LogP contribution in [0.5, 0.6) is 0 Å². The van der Waals surface area contributed by atoms with E-state index in [1.807, 2.05) is 0 Å². The topological polar surface area (TPSA) is 87.1 Å². The molecular weight excluding hydrogens is 278 g/mol. The number of aliphatic hydroxyl groups excluding tert-OH is 1. The maximum absolute atomic E-state index is 12.3. The van der Waals surface area contributed by atoms with Gasteiger partial charge in [0, 0.05) is 6.04 Å². The molecule has 1 aliphatic carbocycles. The summed E-state index contributed by atoms with van der Waals surface area (Å²) in [5.74, 6) is 0. The van der Waals surface area contributed by atoms with Crippen molar-refractivity contribution in [3.8, 4) is 0 Å². The fraction of sp³-hybridized carbons (Fsp3) is 0.700. The van der Waals surface area contributed by atoms with Gasteiger partial charge in [0.2, 0.25) is 5.13 Å². The summed E-state index contributed by atoms with van der Waals surface area (Å²) in [6.07, 6.45) is -0.271. The molecule has 1 heterocycles. The average molecular weight is 292 g/mol. The van der Waals surface area contributed by atoms with Crippen LogP contribution in [0.1, 0.15) is 37.1 Å². The molecule has 1 aromatic rings. The molecule has 1 aromatic heterocycles. The second-order valence-electron chi connectivity index (χ2n) is 4.35. The lowest BCUT2D eigenvalue weighted by atomic mass is 9.93. The second kappa shape index (κ2) is 6.20. The van der Waals surface area contributed by atoms with Crippen molar-refractivity contribution in [2.45, 2.75) is 44.3 Å². The van der Waals surface area contributed by atoms with Gasteiger partial charge in [0.1, 0.15) is 0 Å². The number of alkyl halides is 2. The number of anilines is 1. The fourth-order valence-electron chi connectivity index (χ4n) is 1.91. The first-order valence-corrected chi connectivity index (χ1v) is 6.73. The molecule has 2 amide bonds. The van der Waals surface area contributed by atoms with Crippen molar-refractivity contribution >= 4 is 22.5 Å². The second-order valence-corrected chi connectivity index (χ2v) is 5.36. The van der Waals surface area contributed by atoms with Crippen LogP contribution >= 0.6 is 11.3 Å². The van der Waals surface area contributed by atoms with Gasteiger partial charge in [0.05, 0.1) is 6.10 Å². The number of hydrogen-bond acceptors (Lipinski definition) is 5. The van der Waals surface area contributed by atoms with E-state index in [9.17, 15) is 18.7 Å². The van der Waals surface area contributed by atoms with Crippen LogP contribution in [0.3, 0.4) is 0 Å². The highest BCUT2D eigenvalue weighted by molar-refractivity contribution is 7.15. The Balaban J connectivity index is 1.80. The van der Waals surface area contributed by atoms with E-state index in [4.69, 9.17) is 0 Å². The zero-order chi connectivity index (χ0) is 13.8. The van der Waals surface area contributed by atoms with Crippen molar-refractivity contribution in [3.05, 3.63) is 5.01 Å². The van der Waals surface area contributed by atoms with Gasteiger partial charge in [-0.25, -0.2) is 13.6 Å². The largest absolute Gasteiger partial charge is 0.393 e. The number of halogens is 2. The molecule has 1 aliphatic rings. The molecule has 2 rings (SSSR count). The van der Waals surface area contributed by atoms with Crippen LogP contribution < -0.4 is 10.6 Å². The Labute approximate surface area is 112 Å². The van der Waals surface area contributed by atoms with E-state index >= 15 is 0 Å². The van der Waals surface area contributed by atoms with Crippen LogP contribution in [-0.4, -0.2) is 33.5 Å². The number of amides is 2. The zero-order valence-electron chi connectivity index (χ0n) is 9.97. The number of nitrogens with zero attached hydrogens (tertiary/aromatic N) is 2. The molecular formula is C10H14F2N4O2S. The highest BCUT2D eigenvalue weighted by Crippen LogP contribution is 2.25. The van der Waals surface area contributed by atoms with Gasteiger partial charge in [-0.05, 0) is 25.7 Å². The highest BCUT2D eigenvalue weighted by Gasteiger charge is 2.21. The van der Waals surface area contributed by atoms with Crippen LogP contribution in [0, 0.1) is 0 Å². The van der Waals surface area contributed by atoms with Crippen molar-refractivity contribution < 1.29 is 18.7 Å². The summed E-state index contributed by atoms with van der Waals surface area (Å²) < 4.78 is 24.6. The quantitative estimate of drug-likeness (QED) is 0.794. The smallest absolute Gasteiger partial charge is 0.321 e. The molecule has 0 atom stereocenters. The van der Waals surface area contributed by atoms with Crippen molar-refractivity contribution in [2.75, 3.05) is 5.32 Å². The molecule has 0 spiro atoms. The maximum atomic E-state index is 12.3. The molecule has 0 bridgehead atoms. The van der Waals surface area contributed by atoms with Crippen LogP contribution in [0.2, 0.25) is 0 Å². The number of urea groups is 1. The first-order valence-electron chi connectivity index (χ1n) is 5.91. The normalized spacial score (nSPS) is 23.4. The minimum absolute atomic E-state index is 0.00843. The van der Waals surface area contributed by atoms with Gasteiger partial charge in [-0.15, -0.1) is 10.2 Å². The third-order valence-electron chi connectivity index (χ3n) is 2.88. The van der Waals surface area contributed by atoms with Gasteiger partial charge >= 0.3 is 6.03 Å². The standard InChI is InChI=1S/C10H14F2N4O2S/c11-7(12)8-15-16-10(19-8)14-9(18)13-5-1-3-6(17)4-2-5/h5-7,17H,1-4H2,(H2,13,14,16,18). The summed E-state index contributed by atoms with van der Waals surface area (Å²) >= 11 is 0.648. The van der Waals surface area contributed by atoms with Crippen LogP contribution in [0.25, 0.3) is 0 Å². The van der Waals surface area contributed by atoms with Gasteiger partial charge in [-0.3, -0.25) is 5.32 Å². The fourth-order valence-corrected chi connectivity index (χ4v) is 2.51. The predicted molar refractivity (Wildman–Crippen MR) is 65.3 cm³/mol. The number of carbonyl (C=O) groups excluding carboxylic acids is 1. The Bertz CT molecular complexity index is 435. The third kappa shape index (κ3) is 4.06. The first-order chi connectivity index (χ1) is 9.04. The van der Waals surface area contributed by atoms with Gasteiger partial charge in [-0.1, -0.05) is 11.3 Å². The third-order valence-corrected chi connectivity index (χ3v) is 3.73. The van der Waals surface area contributed by atoms with E-state index in [0.717, 1.165) is 0 Å². The van der Waals surface area contributed by atoms with E-state index in [1.165, 1.54) is 0 Å². The van der Waals surface area contributed by atoms with Crippen molar-refractivity contribution in [1.29, 1.82) is 0 Å². The molecule has 0 aromatic carbocycles. The average Bonchev–Trinajstić information content (AvgIpc) is 2.80. The molecule has 0 aliphatic heterocycles. The summed E-state index contributed by atoms with van der Waals surface area (Å²) in [4.78, 5) is 11.6. The Morgan fingerprint density at radius 3 is 2.58 bits per heavy atom. The van der Waals surface area contributed by atoms with Gasteiger partial charge in [-0.2, -0.15) is 0 Å². The van der Waals surface area contributed by atoms with E-state index in [0.29, 0.717) is 37.0 Å². The van der Waals surface area contributed by atoms with Crippen LogP contribution in [-0.2, 0) is 0 Å². The SMILES string of the molecule is O=C(Nc1nnc(C(F)F)s1)NC1CCC(O)CC1. The molecule has 3 N–H and O–H groups in total. The molecule has 106 valence electrons. The minimum Gasteiger partial charge on any atom is -0.393 e. The van der Waals surface area contributed by atoms with Crippen molar-refractivity contribution in [1.82, 2.24) is 15.5 Å². The van der Waals surface area contributed by atoms with Gasteiger partial charge in [0.25, 0.3) is 6.43 Å². The molecule has 19 heavy (non-hydrogen) atoms. The molecule has 0 saturated heterocycles. The Hall–Kier alpha value is -1.35. The number of aromatic nitrogens is 2. The lowest BCUT2D eigenvalue weighted by Gasteiger charge is -2.25. The van der Waals surface area contributed by atoms with E-state index in [1.54, 1.807) is 0 Å². The molecule has 6 nitrogen and oxygen atoms in total. The number of nitrogens with one attached hydrogen (secondary N) is 2. The summed E-state index contributed by atoms with van der Waals surface area (Å²) in [5, 5.41) is 20.8. The summed E-state index contributed by atoms with van der Waals surface area (Å²) in [6.45, 7) is 0. The molecule has 0 radical (unpaired) electrons. The summed E-state index contributed by atoms with van der Waals surface area (Å²) in [7, 11) is 0. The number of carbonyl (C=O) groups is 1. The predicted octanol–water partition coefficient (Wildman–Crippen LogP) is 1.90. The minimum atomic E-state index is -2.68. The van der Waals surface area contributed by atoms with Crippen molar-refractivity contribution in [2.24, 2.45) is 0 Å². The lowest BCUT2D eigenvalue weighted by Crippen LogP contribution is -2.40. The first kappa shape index (κ1) is 14.1. The highest BCUT2D eigenvalue weighted by atomic mass is 32.1. The Morgan fingerprint density at radius 1 is 1.32 bits per heavy atom. The lowest BCUT2D eigenvalue weighted by molar-refractivity contribution is 0.118. The molecule has 9 heteroatoms. The Kier molecular flexibility index (Phi) is 4.59. The molecule has 1 saturated carbocycles. The van der Waals surface area contributed by atoms with Crippen LogP contribution in [0.15, 0.2) is 0 Å². The van der Waals surface area contributed by atoms with Crippen LogP contribution in [0.4, 0.5) is 18.7 Å². The zero-order valence-corrected chi connectivity index (χ0v) is 10.8.